The fraction of sp³-hybridized carbons (Fsp3) is 0.0952. The molecule has 0 aliphatic rings. The van der Waals surface area contributed by atoms with Crippen molar-refractivity contribution in [2.24, 2.45) is 0 Å². The molecule has 0 aliphatic heterocycles. The predicted octanol–water partition coefficient (Wildman–Crippen LogP) is 5.02. The number of carbonyl (C=O) groups is 1. The molecule has 0 spiro atoms. The van der Waals surface area contributed by atoms with E-state index >= 15 is 0 Å². The molecule has 0 heterocycles. The maximum Gasteiger partial charge on any atom is 0.300 e. The lowest BCUT2D eigenvalue weighted by Gasteiger charge is -2.11. The zero-order chi connectivity index (χ0) is 17.2. The molecule has 0 radical (unpaired) electrons. The Labute approximate surface area is 142 Å². The Bertz CT molecular complexity index is 748. The Morgan fingerprint density at radius 1 is 0.833 bits per heavy atom. The number of carboxylic acids is 1. The van der Waals surface area contributed by atoms with E-state index in [9.17, 15) is 0 Å². The van der Waals surface area contributed by atoms with Crippen molar-refractivity contribution in [1.29, 1.82) is 0 Å². The number of aliphatic carboxylic acids is 1. The van der Waals surface area contributed by atoms with Crippen LogP contribution in [0, 0.1) is 0 Å². The molecule has 24 heavy (non-hydrogen) atoms. The number of benzene rings is 3. The zero-order valence-electron chi connectivity index (χ0n) is 13.6. The van der Waals surface area contributed by atoms with E-state index in [1.54, 1.807) is 0 Å². The van der Waals surface area contributed by atoms with Crippen molar-refractivity contribution >= 4 is 5.97 Å². The average Bonchev–Trinajstić information content (AvgIpc) is 2.61. The predicted molar refractivity (Wildman–Crippen MR) is 96.0 cm³/mol. The molecule has 0 saturated heterocycles. The van der Waals surface area contributed by atoms with Gasteiger partial charge in [-0.05, 0) is 17.2 Å². The molecule has 3 nitrogen and oxygen atoms in total. The fourth-order valence-corrected chi connectivity index (χ4v) is 2.18. The summed E-state index contributed by atoms with van der Waals surface area (Å²) in [5.41, 5.74) is 3.48. The van der Waals surface area contributed by atoms with E-state index in [0.717, 1.165) is 18.2 Å². The standard InChI is InChI=1S/C19H16O.C2H4O2/c1-3-9-16(10-4-1)15-20-19-14-8-7-13-18(19)17-11-5-2-6-12-17;1-2(3)4/h1-14H,15H2;1H3,(H,3,4). The van der Waals surface area contributed by atoms with E-state index in [-0.39, 0.29) is 0 Å². The minimum Gasteiger partial charge on any atom is -0.488 e. The first kappa shape index (κ1) is 17.3. The summed E-state index contributed by atoms with van der Waals surface area (Å²) in [6, 6.07) is 28.7. The van der Waals surface area contributed by atoms with Gasteiger partial charge in [-0.15, -0.1) is 0 Å². The molecule has 3 rings (SSSR count). The van der Waals surface area contributed by atoms with Crippen LogP contribution in [-0.4, -0.2) is 11.1 Å². The molecule has 3 aromatic rings. The van der Waals surface area contributed by atoms with Gasteiger partial charge in [-0.1, -0.05) is 78.9 Å². The van der Waals surface area contributed by atoms with Gasteiger partial charge in [0, 0.05) is 12.5 Å². The van der Waals surface area contributed by atoms with Crippen LogP contribution in [0.25, 0.3) is 11.1 Å². The van der Waals surface area contributed by atoms with E-state index in [1.807, 2.05) is 54.6 Å². The Balaban J connectivity index is 0.000000471. The topological polar surface area (TPSA) is 46.5 Å². The average molecular weight is 320 g/mol. The van der Waals surface area contributed by atoms with Crippen molar-refractivity contribution in [3.63, 3.8) is 0 Å². The van der Waals surface area contributed by atoms with Crippen molar-refractivity contribution in [3.8, 4) is 16.9 Å². The van der Waals surface area contributed by atoms with Crippen molar-refractivity contribution in [2.75, 3.05) is 0 Å². The number of para-hydroxylation sites is 1. The van der Waals surface area contributed by atoms with E-state index in [2.05, 4.69) is 30.3 Å². The van der Waals surface area contributed by atoms with Crippen LogP contribution < -0.4 is 4.74 Å². The monoisotopic (exact) mass is 320 g/mol. The smallest absolute Gasteiger partial charge is 0.300 e. The van der Waals surface area contributed by atoms with Crippen LogP contribution in [0.3, 0.4) is 0 Å². The van der Waals surface area contributed by atoms with E-state index < -0.39 is 5.97 Å². The summed E-state index contributed by atoms with van der Waals surface area (Å²) in [5, 5.41) is 7.42. The van der Waals surface area contributed by atoms with E-state index in [4.69, 9.17) is 14.6 Å². The third kappa shape index (κ3) is 5.61. The van der Waals surface area contributed by atoms with Gasteiger partial charge in [0.15, 0.2) is 0 Å². The highest BCUT2D eigenvalue weighted by atomic mass is 16.5. The molecule has 0 atom stereocenters. The number of rotatable bonds is 4. The van der Waals surface area contributed by atoms with E-state index in [0.29, 0.717) is 6.61 Å². The molecule has 122 valence electrons. The van der Waals surface area contributed by atoms with Gasteiger partial charge in [-0.2, -0.15) is 0 Å². The van der Waals surface area contributed by atoms with Crippen LogP contribution in [0.4, 0.5) is 0 Å². The Morgan fingerprint density at radius 2 is 1.33 bits per heavy atom. The Kier molecular flexibility index (Phi) is 6.59. The maximum atomic E-state index is 9.00. The summed E-state index contributed by atoms with van der Waals surface area (Å²) in [6.07, 6.45) is 0. The second-order valence-electron chi connectivity index (χ2n) is 5.16. The molecule has 0 aliphatic carbocycles. The first-order valence-electron chi connectivity index (χ1n) is 7.67. The normalized spacial score (nSPS) is 9.54. The van der Waals surface area contributed by atoms with Gasteiger partial charge < -0.3 is 9.84 Å². The second kappa shape index (κ2) is 9.16. The van der Waals surface area contributed by atoms with Crippen LogP contribution in [0.15, 0.2) is 84.9 Å². The lowest BCUT2D eigenvalue weighted by atomic mass is 10.1. The largest absolute Gasteiger partial charge is 0.488 e. The highest BCUT2D eigenvalue weighted by Gasteiger charge is 2.05. The SMILES string of the molecule is CC(=O)O.c1ccc(COc2ccccc2-c2ccccc2)cc1. The number of carboxylic acid groups (broad SMARTS) is 1. The van der Waals surface area contributed by atoms with Gasteiger partial charge in [0.25, 0.3) is 5.97 Å². The first-order chi connectivity index (χ1) is 11.7. The minimum absolute atomic E-state index is 0.588. The molecule has 3 heteroatoms. The van der Waals surface area contributed by atoms with Gasteiger partial charge in [0.1, 0.15) is 12.4 Å². The third-order valence-corrected chi connectivity index (χ3v) is 3.21. The van der Waals surface area contributed by atoms with Gasteiger partial charge >= 0.3 is 0 Å². The van der Waals surface area contributed by atoms with Crippen LogP contribution in [0.1, 0.15) is 12.5 Å². The Morgan fingerprint density at radius 3 is 1.96 bits per heavy atom. The molecule has 0 saturated carbocycles. The van der Waals surface area contributed by atoms with Gasteiger partial charge in [-0.3, -0.25) is 4.79 Å². The molecule has 0 unspecified atom stereocenters. The van der Waals surface area contributed by atoms with Crippen LogP contribution >= 0.6 is 0 Å². The minimum atomic E-state index is -0.833. The molecule has 1 N–H and O–H groups in total. The molecule has 0 amide bonds. The Hall–Kier alpha value is -3.07. The summed E-state index contributed by atoms with van der Waals surface area (Å²) < 4.78 is 5.98. The third-order valence-electron chi connectivity index (χ3n) is 3.21. The maximum absolute atomic E-state index is 9.00. The van der Waals surface area contributed by atoms with Crippen molar-refractivity contribution < 1.29 is 14.6 Å². The van der Waals surface area contributed by atoms with Gasteiger partial charge in [0.05, 0.1) is 0 Å². The van der Waals surface area contributed by atoms with Crippen LogP contribution in [-0.2, 0) is 11.4 Å². The molecule has 0 fully saturated rings. The lowest BCUT2D eigenvalue weighted by molar-refractivity contribution is -0.134. The zero-order valence-corrected chi connectivity index (χ0v) is 13.6. The van der Waals surface area contributed by atoms with E-state index in [1.165, 1.54) is 11.1 Å². The molecular formula is C21H20O3. The second-order valence-corrected chi connectivity index (χ2v) is 5.16. The van der Waals surface area contributed by atoms with Crippen molar-refractivity contribution in [2.45, 2.75) is 13.5 Å². The molecular weight excluding hydrogens is 300 g/mol. The van der Waals surface area contributed by atoms with Crippen molar-refractivity contribution in [3.05, 3.63) is 90.5 Å². The summed E-state index contributed by atoms with van der Waals surface area (Å²) in [5.74, 6) is 0.0857. The van der Waals surface area contributed by atoms with Crippen molar-refractivity contribution in [1.82, 2.24) is 0 Å². The quantitative estimate of drug-likeness (QED) is 0.734. The summed E-state index contributed by atoms with van der Waals surface area (Å²) in [6.45, 7) is 1.67. The van der Waals surface area contributed by atoms with Gasteiger partial charge in [-0.25, -0.2) is 0 Å². The summed E-state index contributed by atoms with van der Waals surface area (Å²) >= 11 is 0. The van der Waals surface area contributed by atoms with Crippen LogP contribution in [0.5, 0.6) is 5.75 Å². The summed E-state index contributed by atoms with van der Waals surface area (Å²) in [7, 11) is 0. The number of hydrogen-bond acceptors (Lipinski definition) is 2. The number of hydrogen-bond donors (Lipinski definition) is 1. The highest BCUT2D eigenvalue weighted by molar-refractivity contribution is 5.70. The lowest BCUT2D eigenvalue weighted by Crippen LogP contribution is -1.96. The molecule has 3 aromatic carbocycles. The fourth-order valence-electron chi connectivity index (χ4n) is 2.18. The summed E-state index contributed by atoms with van der Waals surface area (Å²) in [4.78, 5) is 9.00. The first-order valence-corrected chi connectivity index (χ1v) is 7.67. The molecule has 0 aromatic heterocycles. The number of ether oxygens (including phenoxy) is 1. The molecule has 0 bridgehead atoms. The van der Waals surface area contributed by atoms with Crippen LogP contribution in [0.2, 0.25) is 0 Å². The highest BCUT2D eigenvalue weighted by Crippen LogP contribution is 2.29. The van der Waals surface area contributed by atoms with Gasteiger partial charge in [0.2, 0.25) is 0 Å².